The molecule has 4 nitrogen and oxygen atoms in total. The van der Waals surface area contributed by atoms with Crippen LogP contribution in [0.2, 0.25) is 0 Å². The molecule has 0 aromatic rings. The van der Waals surface area contributed by atoms with Crippen LogP contribution in [0.5, 0.6) is 0 Å². The quantitative estimate of drug-likeness (QED) is 0.369. The first-order chi connectivity index (χ1) is 5.33. The molecule has 4 heteroatoms. The minimum absolute atomic E-state index is 0.164. The molecular formula is C7H13N3O. The minimum atomic E-state index is -0.164. The zero-order valence-electron chi connectivity index (χ0n) is 6.48. The standard InChI is InChI=1S/C7H13N3O/c8-10-9-5-6-2-1-3-7(11)4-6/h6-7,11H,1-5H2. The van der Waals surface area contributed by atoms with Crippen molar-refractivity contribution in [2.75, 3.05) is 6.54 Å². The summed E-state index contributed by atoms with van der Waals surface area (Å²) in [6.07, 6.45) is 3.71. The molecule has 0 heterocycles. The molecule has 62 valence electrons. The first kappa shape index (κ1) is 8.37. The maximum atomic E-state index is 9.24. The molecule has 1 fully saturated rings. The number of azide groups is 1. The minimum Gasteiger partial charge on any atom is -0.393 e. The van der Waals surface area contributed by atoms with Crippen LogP contribution in [0.15, 0.2) is 5.11 Å². The van der Waals surface area contributed by atoms with E-state index in [2.05, 4.69) is 10.0 Å². The van der Waals surface area contributed by atoms with E-state index in [1.54, 1.807) is 0 Å². The number of aliphatic hydroxyl groups excluding tert-OH is 1. The van der Waals surface area contributed by atoms with Gasteiger partial charge in [-0.05, 0) is 24.3 Å². The van der Waals surface area contributed by atoms with E-state index >= 15 is 0 Å². The van der Waals surface area contributed by atoms with Gasteiger partial charge in [-0.25, -0.2) is 0 Å². The lowest BCUT2D eigenvalue weighted by atomic mass is 9.87. The maximum Gasteiger partial charge on any atom is 0.0542 e. The van der Waals surface area contributed by atoms with Gasteiger partial charge < -0.3 is 5.11 Å². The summed E-state index contributed by atoms with van der Waals surface area (Å²) in [5.41, 5.74) is 8.06. The summed E-state index contributed by atoms with van der Waals surface area (Å²) >= 11 is 0. The fraction of sp³-hybridized carbons (Fsp3) is 1.00. The van der Waals surface area contributed by atoms with E-state index in [-0.39, 0.29) is 6.10 Å². The molecule has 0 aromatic carbocycles. The Morgan fingerprint density at radius 1 is 1.55 bits per heavy atom. The highest BCUT2D eigenvalue weighted by atomic mass is 16.3. The van der Waals surface area contributed by atoms with Crippen molar-refractivity contribution >= 4 is 0 Å². The molecule has 1 rings (SSSR count). The summed E-state index contributed by atoms with van der Waals surface area (Å²) in [7, 11) is 0. The largest absolute Gasteiger partial charge is 0.393 e. The van der Waals surface area contributed by atoms with Gasteiger partial charge in [-0.15, -0.1) is 0 Å². The molecule has 0 saturated heterocycles. The van der Waals surface area contributed by atoms with Gasteiger partial charge in [-0.1, -0.05) is 18.0 Å². The number of hydrogen-bond acceptors (Lipinski definition) is 2. The molecule has 1 aliphatic carbocycles. The molecule has 0 bridgehead atoms. The van der Waals surface area contributed by atoms with E-state index < -0.39 is 0 Å². The van der Waals surface area contributed by atoms with Crippen LogP contribution in [-0.2, 0) is 0 Å². The Balaban J connectivity index is 2.27. The zero-order chi connectivity index (χ0) is 8.10. The average Bonchev–Trinajstić information content (AvgIpc) is 2.01. The van der Waals surface area contributed by atoms with Crippen LogP contribution < -0.4 is 0 Å². The highest BCUT2D eigenvalue weighted by molar-refractivity contribution is 4.73. The Morgan fingerprint density at radius 2 is 2.36 bits per heavy atom. The van der Waals surface area contributed by atoms with Crippen molar-refractivity contribution in [2.45, 2.75) is 31.8 Å². The van der Waals surface area contributed by atoms with Gasteiger partial charge in [-0.3, -0.25) is 0 Å². The summed E-state index contributed by atoms with van der Waals surface area (Å²) in [6.45, 7) is 0.549. The SMILES string of the molecule is [N-]=[N+]=NCC1CCCC(O)C1. The van der Waals surface area contributed by atoms with Crippen molar-refractivity contribution in [1.82, 2.24) is 0 Å². The lowest BCUT2D eigenvalue weighted by Gasteiger charge is -2.23. The normalized spacial score (nSPS) is 31.0. The van der Waals surface area contributed by atoms with Gasteiger partial charge in [0, 0.05) is 11.5 Å². The Labute approximate surface area is 65.9 Å². The molecule has 1 saturated carbocycles. The number of rotatable bonds is 2. The van der Waals surface area contributed by atoms with Gasteiger partial charge in [0.2, 0.25) is 0 Å². The molecule has 11 heavy (non-hydrogen) atoms. The Morgan fingerprint density at radius 3 is 3.00 bits per heavy atom. The van der Waals surface area contributed by atoms with E-state index in [1.165, 1.54) is 0 Å². The lowest BCUT2D eigenvalue weighted by Crippen LogP contribution is -2.21. The summed E-state index contributed by atoms with van der Waals surface area (Å²) in [6, 6.07) is 0. The molecule has 0 spiro atoms. The van der Waals surface area contributed by atoms with Crippen molar-refractivity contribution in [3.63, 3.8) is 0 Å². The first-order valence-corrected chi connectivity index (χ1v) is 4.02. The predicted octanol–water partition coefficient (Wildman–Crippen LogP) is 1.85. The molecule has 1 N–H and O–H groups in total. The van der Waals surface area contributed by atoms with Gasteiger partial charge in [0.1, 0.15) is 0 Å². The second-order valence-corrected chi connectivity index (χ2v) is 3.10. The van der Waals surface area contributed by atoms with E-state index in [1.807, 2.05) is 0 Å². The summed E-state index contributed by atoms with van der Waals surface area (Å²) < 4.78 is 0. The number of nitrogens with zero attached hydrogens (tertiary/aromatic N) is 3. The predicted molar refractivity (Wildman–Crippen MR) is 42.0 cm³/mol. The molecule has 0 amide bonds. The van der Waals surface area contributed by atoms with Gasteiger partial charge in [0.25, 0.3) is 0 Å². The Hall–Kier alpha value is -0.730. The highest BCUT2D eigenvalue weighted by Crippen LogP contribution is 2.24. The van der Waals surface area contributed by atoms with Crippen LogP contribution in [-0.4, -0.2) is 17.8 Å². The van der Waals surface area contributed by atoms with Gasteiger partial charge in [0.15, 0.2) is 0 Å². The third kappa shape index (κ3) is 2.78. The third-order valence-electron chi connectivity index (χ3n) is 2.16. The lowest BCUT2D eigenvalue weighted by molar-refractivity contribution is 0.103. The Kier molecular flexibility index (Phi) is 3.20. The van der Waals surface area contributed by atoms with Crippen LogP contribution >= 0.6 is 0 Å². The monoisotopic (exact) mass is 155 g/mol. The van der Waals surface area contributed by atoms with Gasteiger partial charge in [0.05, 0.1) is 6.10 Å². The topological polar surface area (TPSA) is 69.0 Å². The van der Waals surface area contributed by atoms with Crippen LogP contribution in [0.3, 0.4) is 0 Å². The van der Waals surface area contributed by atoms with Crippen molar-refractivity contribution in [1.29, 1.82) is 0 Å². The first-order valence-electron chi connectivity index (χ1n) is 4.02. The fourth-order valence-electron chi connectivity index (χ4n) is 1.58. The van der Waals surface area contributed by atoms with Gasteiger partial charge >= 0.3 is 0 Å². The third-order valence-corrected chi connectivity index (χ3v) is 2.16. The summed E-state index contributed by atoms with van der Waals surface area (Å²) in [4.78, 5) is 2.70. The van der Waals surface area contributed by atoms with E-state index in [9.17, 15) is 5.11 Å². The molecular weight excluding hydrogens is 142 g/mol. The van der Waals surface area contributed by atoms with E-state index in [4.69, 9.17) is 5.53 Å². The van der Waals surface area contributed by atoms with E-state index in [0.29, 0.717) is 12.5 Å². The van der Waals surface area contributed by atoms with Crippen LogP contribution in [0.25, 0.3) is 10.4 Å². The molecule has 0 aromatic heterocycles. The van der Waals surface area contributed by atoms with Crippen LogP contribution in [0.4, 0.5) is 0 Å². The van der Waals surface area contributed by atoms with Crippen LogP contribution in [0.1, 0.15) is 25.7 Å². The van der Waals surface area contributed by atoms with E-state index in [0.717, 1.165) is 25.7 Å². The molecule has 2 atom stereocenters. The van der Waals surface area contributed by atoms with Crippen molar-refractivity contribution in [3.8, 4) is 0 Å². The second-order valence-electron chi connectivity index (χ2n) is 3.10. The maximum absolute atomic E-state index is 9.24. The van der Waals surface area contributed by atoms with Crippen LogP contribution in [0, 0.1) is 5.92 Å². The summed E-state index contributed by atoms with van der Waals surface area (Å²) in [5.74, 6) is 0.412. The van der Waals surface area contributed by atoms with Gasteiger partial charge in [-0.2, -0.15) is 0 Å². The zero-order valence-corrected chi connectivity index (χ0v) is 6.48. The molecule has 2 unspecified atom stereocenters. The molecule has 0 aliphatic heterocycles. The van der Waals surface area contributed by atoms with Crippen molar-refractivity contribution < 1.29 is 5.11 Å². The molecule has 1 aliphatic rings. The fourth-order valence-corrected chi connectivity index (χ4v) is 1.58. The summed E-state index contributed by atoms with van der Waals surface area (Å²) in [5, 5.41) is 12.7. The second kappa shape index (κ2) is 4.21. The van der Waals surface area contributed by atoms with Crippen molar-refractivity contribution in [3.05, 3.63) is 10.4 Å². The average molecular weight is 155 g/mol. The number of aliphatic hydroxyl groups is 1. The number of hydrogen-bond donors (Lipinski definition) is 1. The van der Waals surface area contributed by atoms with Crippen molar-refractivity contribution in [2.24, 2.45) is 11.0 Å². The highest BCUT2D eigenvalue weighted by Gasteiger charge is 2.18. The molecule has 0 radical (unpaired) electrons. The Bertz CT molecular complexity index is 165. The smallest absolute Gasteiger partial charge is 0.0542 e.